The van der Waals surface area contributed by atoms with Crippen molar-refractivity contribution in [2.75, 3.05) is 0 Å². The summed E-state index contributed by atoms with van der Waals surface area (Å²) in [5, 5.41) is 3.23. The second-order valence-electron chi connectivity index (χ2n) is 15.7. The fourth-order valence-corrected chi connectivity index (χ4v) is 10.2. The van der Waals surface area contributed by atoms with Crippen molar-refractivity contribution in [3.05, 3.63) is 146 Å². The average Bonchev–Trinajstić information content (AvgIpc) is 3.91. The summed E-state index contributed by atoms with van der Waals surface area (Å²) in [6.45, 7) is 0. The lowest BCUT2D eigenvalue weighted by molar-refractivity contribution is 1.08. The highest BCUT2D eigenvalue weighted by molar-refractivity contribution is 7.26. The zero-order valence-electron chi connectivity index (χ0n) is 34.2. The molecular weight excluding hydrogens is 787 g/mol. The highest BCUT2D eigenvalue weighted by atomic mass is 32.1. The monoisotopic (exact) mass is 812 g/mol. The van der Waals surface area contributed by atoms with E-state index in [-0.39, 0.29) is 43.7 Å². The predicted molar refractivity (Wildman–Crippen MR) is 277 cm³/mol. The second-order valence-corrected chi connectivity index (χ2v) is 16.7. The van der Waals surface area contributed by atoms with Crippen LogP contribution in [0, 0.1) is 0 Å². The lowest BCUT2D eigenvalue weighted by Gasteiger charge is -2.21. The van der Waals surface area contributed by atoms with Crippen molar-refractivity contribution in [1.82, 2.24) is 19.5 Å². The summed E-state index contributed by atoms with van der Waals surface area (Å²) in [5.74, 6) is 1.53. The largest absolute Gasteiger partial charge is 0.310 e. The minimum Gasteiger partial charge on any atom is -0.310 e. The normalized spacial score (nSPS) is 11.6. The van der Waals surface area contributed by atoms with Crippen LogP contribution in [0.4, 0.5) is 0 Å². The number of aromatic nitrogens is 4. The van der Waals surface area contributed by atoms with Gasteiger partial charge in [-0.2, -0.15) is 0 Å². The Morgan fingerprint density at radius 3 is 1.41 bits per heavy atom. The number of hydrogen-bond donors (Lipinski definition) is 0. The van der Waals surface area contributed by atoms with Gasteiger partial charge in [-0.25, -0.2) is 15.0 Å². The van der Waals surface area contributed by atoms with Crippen LogP contribution in [0.1, 0.15) is 0 Å². The zero-order valence-corrected chi connectivity index (χ0v) is 35.0. The molecule has 11 aromatic rings. The van der Waals surface area contributed by atoms with Gasteiger partial charge >= 0.3 is 0 Å². The third kappa shape index (κ3) is 6.12. The van der Waals surface area contributed by atoms with Gasteiger partial charge in [-0.3, -0.25) is 0 Å². The van der Waals surface area contributed by atoms with Gasteiger partial charge in [0.2, 0.25) is 0 Å². The molecule has 11 rings (SSSR count). The summed E-state index contributed by atoms with van der Waals surface area (Å²) in [7, 11) is 53.3. The maximum atomic E-state index is 6.89. The van der Waals surface area contributed by atoms with E-state index in [1.165, 1.54) is 10.1 Å². The molecule has 4 nitrogen and oxygen atoms in total. The molecule has 0 unspecified atom stereocenters. The van der Waals surface area contributed by atoms with Crippen LogP contribution in [0.5, 0.6) is 0 Å². The number of benzene rings is 8. The Bertz CT molecular complexity index is 3660. The van der Waals surface area contributed by atoms with E-state index < -0.39 is 0 Å². The van der Waals surface area contributed by atoms with Crippen LogP contribution in [-0.2, 0) is 0 Å². The molecule has 3 heterocycles. The molecule has 0 amide bonds. The van der Waals surface area contributed by atoms with Crippen LogP contribution >= 0.6 is 11.3 Å². The smallest absolute Gasteiger partial charge is 0.165 e. The Balaban J connectivity index is 1.21. The van der Waals surface area contributed by atoms with Crippen LogP contribution in [0.2, 0.25) is 0 Å². The van der Waals surface area contributed by atoms with E-state index in [1.807, 2.05) is 83.4 Å². The fourth-order valence-electron chi connectivity index (χ4n) is 8.97. The average molecular weight is 811 g/mol. The molecule has 0 spiro atoms. The highest BCUT2D eigenvalue weighted by Crippen LogP contribution is 2.42. The van der Waals surface area contributed by atoms with Gasteiger partial charge in [0.1, 0.15) is 62.8 Å². The second kappa shape index (κ2) is 15.5. The Morgan fingerprint density at radius 1 is 0.344 bits per heavy atom. The molecule has 0 aliphatic carbocycles. The van der Waals surface area contributed by atoms with E-state index in [9.17, 15) is 0 Å². The van der Waals surface area contributed by atoms with E-state index in [1.54, 1.807) is 11.3 Å². The minimum atomic E-state index is 0.123. The van der Waals surface area contributed by atoms with Crippen LogP contribution in [0.25, 0.3) is 104 Å². The van der Waals surface area contributed by atoms with E-state index in [4.69, 9.17) is 77.7 Å². The summed E-state index contributed by atoms with van der Waals surface area (Å²) in [6, 6.07) is 49.0. The first-order valence-electron chi connectivity index (χ1n) is 20.4. The van der Waals surface area contributed by atoms with Crippen LogP contribution in [0.3, 0.4) is 0 Å². The maximum Gasteiger partial charge on any atom is 0.165 e. The minimum absolute atomic E-state index is 0.123. The van der Waals surface area contributed by atoms with Crippen molar-refractivity contribution in [2.24, 2.45) is 0 Å². The molecule has 13 heteroatoms. The van der Waals surface area contributed by atoms with Gasteiger partial charge in [0.05, 0.1) is 5.69 Å². The van der Waals surface area contributed by atoms with Crippen molar-refractivity contribution < 1.29 is 0 Å². The summed E-state index contributed by atoms with van der Waals surface area (Å²) in [4.78, 5) is 15.9. The van der Waals surface area contributed by atoms with E-state index in [2.05, 4.69) is 66.7 Å². The standard InChI is InChI=1S/C51H24B8N4S/c52-38-36-37-39(53)41(55)43(57)45(59)47(37)63(46(36)44(58)42(56)40(38)54)34-23-10-8-17-28(34)27-16-5-7-20-32(27)50-60-49(31-19-6-4-15-26(31)25-13-2-1-3-14-25)61-51(62-50)33-22-12-21-30-29-18-9-11-24-35(29)64-48(30)33/h1-24H. The molecule has 3 aromatic heterocycles. The summed E-state index contributed by atoms with van der Waals surface area (Å²) >= 11 is 1.72. The number of para-hydroxylation sites is 1. The molecule has 64 heavy (non-hydrogen) atoms. The number of fused-ring (bicyclic) bond motifs is 6. The zero-order chi connectivity index (χ0) is 44.0. The van der Waals surface area contributed by atoms with Gasteiger partial charge in [0.15, 0.2) is 17.5 Å². The quantitative estimate of drug-likeness (QED) is 0.239. The van der Waals surface area contributed by atoms with Gasteiger partial charge in [0, 0.05) is 53.5 Å². The third-order valence-corrected chi connectivity index (χ3v) is 13.3. The first kappa shape index (κ1) is 40.1. The number of hydrogen-bond acceptors (Lipinski definition) is 4. The molecule has 0 aliphatic heterocycles. The Kier molecular flexibility index (Phi) is 9.73. The molecule has 16 radical (unpaired) electrons. The number of rotatable bonds is 6. The third-order valence-electron chi connectivity index (χ3n) is 12.1. The van der Waals surface area contributed by atoms with Gasteiger partial charge in [-0.15, -0.1) is 33.2 Å². The highest BCUT2D eigenvalue weighted by Gasteiger charge is 2.26. The summed E-state index contributed by atoms with van der Waals surface area (Å²) in [5.41, 5.74) is 8.94. The molecule has 8 aromatic carbocycles. The molecule has 0 aliphatic rings. The SMILES string of the molecule is [B]c1c([B])c([B])c2c(c1[B])c1c([B])c([B])c([B])c([B])c1n2-c1ccccc1-c1ccccc1-c1nc(-c2ccccc2-c2ccccc2)nc(-c2cccc3c2sc2ccccc23)n1. The van der Waals surface area contributed by atoms with Crippen molar-refractivity contribution in [2.45, 2.75) is 0 Å². The van der Waals surface area contributed by atoms with Gasteiger partial charge in [-0.1, -0.05) is 149 Å². The van der Waals surface area contributed by atoms with Gasteiger partial charge < -0.3 is 4.57 Å². The maximum absolute atomic E-state index is 6.89. The van der Waals surface area contributed by atoms with Crippen molar-refractivity contribution in [3.8, 4) is 62.1 Å². The van der Waals surface area contributed by atoms with Gasteiger partial charge in [-0.05, 0) is 45.7 Å². The van der Waals surface area contributed by atoms with E-state index >= 15 is 0 Å². The predicted octanol–water partition coefficient (Wildman–Crippen LogP) is 4.02. The molecule has 0 atom stereocenters. The first-order valence-corrected chi connectivity index (χ1v) is 21.3. The number of nitrogens with zero attached hydrogens (tertiary/aromatic N) is 4. The van der Waals surface area contributed by atoms with Crippen LogP contribution in [-0.4, -0.2) is 82.3 Å². The molecule has 0 saturated heterocycles. The summed E-state index contributed by atoms with van der Waals surface area (Å²) in [6.07, 6.45) is 0. The topological polar surface area (TPSA) is 43.6 Å². The molecule has 0 saturated carbocycles. The van der Waals surface area contributed by atoms with Crippen molar-refractivity contribution in [1.29, 1.82) is 0 Å². The lowest BCUT2D eigenvalue weighted by atomic mass is 9.63. The lowest BCUT2D eigenvalue weighted by Crippen LogP contribution is -2.49. The van der Waals surface area contributed by atoms with Crippen molar-refractivity contribution in [3.63, 3.8) is 0 Å². The molecular formula is C51H24B8N4S. The Morgan fingerprint density at radius 2 is 0.781 bits per heavy atom. The van der Waals surface area contributed by atoms with E-state index in [0.29, 0.717) is 45.0 Å². The Hall–Kier alpha value is -6.69. The molecule has 0 bridgehead atoms. The molecule has 0 fully saturated rings. The Labute approximate surface area is 384 Å². The van der Waals surface area contributed by atoms with Crippen LogP contribution < -0.4 is 43.7 Å². The van der Waals surface area contributed by atoms with Gasteiger partial charge in [0.25, 0.3) is 0 Å². The number of thiophene rings is 1. The fraction of sp³-hybridized carbons (Fsp3) is 0. The van der Waals surface area contributed by atoms with E-state index in [0.717, 1.165) is 49.0 Å². The molecule has 278 valence electrons. The first-order chi connectivity index (χ1) is 31.1. The summed E-state index contributed by atoms with van der Waals surface area (Å²) < 4.78 is 4.16. The van der Waals surface area contributed by atoms with Crippen LogP contribution in [0.15, 0.2) is 146 Å². The molecule has 0 N–H and O–H groups in total. The van der Waals surface area contributed by atoms with Crippen molar-refractivity contribution >= 4 is 160 Å².